The zero-order valence-electron chi connectivity index (χ0n) is 21.1. The summed E-state index contributed by atoms with van der Waals surface area (Å²) in [7, 11) is -0.837. The first-order valence-electron chi connectivity index (χ1n) is 11.3. The molecule has 3 aromatic carbocycles. The number of hydrogen-bond donors (Lipinski definition) is 2. The molecule has 0 atom stereocenters. The fraction of sp³-hybridized carbons (Fsp3) is 0.192. The Labute approximate surface area is 221 Å². The van der Waals surface area contributed by atoms with E-state index in [1.165, 1.54) is 20.4 Å². The summed E-state index contributed by atoms with van der Waals surface area (Å²) in [6.07, 6.45) is 2.39. The maximum Gasteiger partial charge on any atom is 0.262 e. The van der Waals surface area contributed by atoms with E-state index in [2.05, 4.69) is 15.8 Å². The molecule has 0 unspecified atom stereocenters. The number of carbonyl (C=O) groups is 2. The number of hydrazone groups is 1. The van der Waals surface area contributed by atoms with Crippen molar-refractivity contribution in [1.29, 1.82) is 0 Å². The largest absolute Gasteiger partial charge is 0.495 e. The first-order chi connectivity index (χ1) is 18.2. The van der Waals surface area contributed by atoms with Gasteiger partial charge in [0.1, 0.15) is 23.8 Å². The number of carbonyl (C=O) groups excluding carboxylic acids is 2. The number of ether oxygens (including phenoxy) is 3. The number of anilines is 2. The summed E-state index contributed by atoms with van der Waals surface area (Å²) in [6.45, 7) is -0.690. The van der Waals surface area contributed by atoms with E-state index in [4.69, 9.17) is 14.2 Å². The minimum atomic E-state index is -3.77. The van der Waals surface area contributed by atoms with Gasteiger partial charge in [0.2, 0.25) is 10.0 Å². The lowest BCUT2D eigenvalue weighted by Gasteiger charge is -2.23. The van der Waals surface area contributed by atoms with Gasteiger partial charge in [0.25, 0.3) is 11.8 Å². The Hall–Kier alpha value is -4.58. The summed E-state index contributed by atoms with van der Waals surface area (Å²) < 4.78 is 41.4. The van der Waals surface area contributed by atoms with Gasteiger partial charge in [0.05, 0.1) is 38.1 Å². The molecule has 0 spiro atoms. The van der Waals surface area contributed by atoms with Crippen LogP contribution in [0.25, 0.3) is 0 Å². The van der Waals surface area contributed by atoms with Crippen LogP contribution in [0.1, 0.15) is 5.56 Å². The number of rotatable bonds is 12. The molecule has 0 aliphatic heterocycles. The van der Waals surface area contributed by atoms with Crippen molar-refractivity contribution in [3.8, 4) is 17.2 Å². The molecule has 3 rings (SSSR count). The number of amides is 2. The molecule has 200 valence electrons. The first-order valence-corrected chi connectivity index (χ1v) is 13.1. The fourth-order valence-corrected chi connectivity index (χ4v) is 4.15. The van der Waals surface area contributed by atoms with Crippen LogP contribution in [-0.2, 0) is 19.6 Å². The molecule has 0 aliphatic carbocycles. The third kappa shape index (κ3) is 7.96. The van der Waals surface area contributed by atoms with Gasteiger partial charge in [-0.05, 0) is 54.1 Å². The summed E-state index contributed by atoms with van der Waals surface area (Å²) in [5, 5.41) is 6.61. The molecular weight excluding hydrogens is 512 g/mol. The summed E-state index contributed by atoms with van der Waals surface area (Å²) in [5.74, 6) is 0.328. The maximum absolute atomic E-state index is 12.4. The third-order valence-electron chi connectivity index (χ3n) is 5.08. The lowest BCUT2D eigenvalue weighted by molar-refractivity contribution is -0.119. The van der Waals surface area contributed by atoms with Crippen molar-refractivity contribution in [1.82, 2.24) is 5.43 Å². The van der Waals surface area contributed by atoms with Crippen LogP contribution in [0.2, 0.25) is 0 Å². The van der Waals surface area contributed by atoms with E-state index >= 15 is 0 Å². The highest BCUT2D eigenvalue weighted by atomic mass is 32.2. The Bertz CT molecular complexity index is 1390. The van der Waals surface area contributed by atoms with E-state index in [1.807, 2.05) is 0 Å². The van der Waals surface area contributed by atoms with Crippen molar-refractivity contribution in [3.05, 3.63) is 78.4 Å². The molecule has 0 saturated heterocycles. The van der Waals surface area contributed by atoms with Gasteiger partial charge in [-0.2, -0.15) is 5.10 Å². The topological polar surface area (TPSA) is 136 Å². The molecule has 3 aromatic rings. The molecule has 0 aromatic heterocycles. The van der Waals surface area contributed by atoms with Gasteiger partial charge in [-0.3, -0.25) is 13.9 Å². The van der Waals surface area contributed by atoms with Crippen LogP contribution >= 0.6 is 0 Å². The Balaban J connectivity index is 1.52. The Kier molecular flexibility index (Phi) is 9.66. The van der Waals surface area contributed by atoms with Crippen LogP contribution in [0.4, 0.5) is 11.4 Å². The molecule has 0 heterocycles. The number of para-hydroxylation sites is 4. The van der Waals surface area contributed by atoms with E-state index in [9.17, 15) is 18.0 Å². The standard InChI is InChI=1S/C26H28N4O7S/c1-35-23-10-6-4-8-21(23)28-26(32)18-37-20-14-12-19(13-15-20)16-27-29-25(31)17-30(38(3,33)34)22-9-5-7-11-24(22)36-2/h4-16H,17-18H2,1-3H3,(H,28,32)(H,29,31)/b27-16+. The predicted octanol–water partition coefficient (Wildman–Crippen LogP) is 2.64. The third-order valence-corrected chi connectivity index (χ3v) is 6.20. The second-order valence-corrected chi connectivity index (χ2v) is 9.75. The van der Waals surface area contributed by atoms with Gasteiger partial charge in [-0.15, -0.1) is 0 Å². The summed E-state index contributed by atoms with van der Waals surface area (Å²) in [4.78, 5) is 24.6. The van der Waals surface area contributed by atoms with Gasteiger partial charge >= 0.3 is 0 Å². The first kappa shape index (κ1) is 28.0. The number of methoxy groups -OCH3 is 2. The van der Waals surface area contributed by atoms with Gasteiger partial charge in [-0.1, -0.05) is 24.3 Å². The summed E-state index contributed by atoms with van der Waals surface area (Å²) in [6, 6.07) is 20.2. The molecule has 0 bridgehead atoms. The number of nitrogens with zero attached hydrogens (tertiary/aromatic N) is 2. The Morgan fingerprint density at radius 3 is 2.18 bits per heavy atom. The lowest BCUT2D eigenvalue weighted by Crippen LogP contribution is -2.39. The molecule has 12 heteroatoms. The minimum Gasteiger partial charge on any atom is -0.495 e. The number of nitrogens with one attached hydrogen (secondary N) is 2. The highest BCUT2D eigenvalue weighted by molar-refractivity contribution is 7.92. The average molecular weight is 541 g/mol. The fourth-order valence-electron chi connectivity index (χ4n) is 3.29. The van der Waals surface area contributed by atoms with Crippen molar-refractivity contribution < 1.29 is 32.2 Å². The van der Waals surface area contributed by atoms with Gasteiger partial charge in [-0.25, -0.2) is 13.8 Å². The molecule has 2 amide bonds. The van der Waals surface area contributed by atoms with Crippen molar-refractivity contribution in [2.24, 2.45) is 5.10 Å². The quantitative estimate of drug-likeness (QED) is 0.266. The van der Waals surface area contributed by atoms with E-state index in [0.717, 1.165) is 10.6 Å². The van der Waals surface area contributed by atoms with Gasteiger partial charge in [0, 0.05) is 0 Å². The number of hydrogen-bond acceptors (Lipinski definition) is 8. The minimum absolute atomic E-state index is 0.204. The number of sulfonamides is 1. The molecule has 11 nitrogen and oxygen atoms in total. The molecule has 0 radical (unpaired) electrons. The molecule has 0 saturated carbocycles. The lowest BCUT2D eigenvalue weighted by atomic mass is 10.2. The van der Waals surface area contributed by atoms with E-state index < -0.39 is 22.5 Å². The van der Waals surface area contributed by atoms with E-state index in [-0.39, 0.29) is 18.2 Å². The zero-order valence-corrected chi connectivity index (χ0v) is 21.9. The van der Waals surface area contributed by atoms with Crippen molar-refractivity contribution in [3.63, 3.8) is 0 Å². The smallest absolute Gasteiger partial charge is 0.262 e. The highest BCUT2D eigenvalue weighted by Gasteiger charge is 2.23. The second-order valence-electron chi connectivity index (χ2n) is 7.84. The summed E-state index contributed by atoms with van der Waals surface area (Å²) in [5.41, 5.74) is 3.74. The molecule has 38 heavy (non-hydrogen) atoms. The molecule has 0 fully saturated rings. The molecule has 0 aliphatic rings. The Morgan fingerprint density at radius 2 is 1.53 bits per heavy atom. The normalized spacial score (nSPS) is 11.0. The van der Waals surface area contributed by atoms with Crippen LogP contribution in [0.15, 0.2) is 77.9 Å². The van der Waals surface area contributed by atoms with Crippen LogP contribution in [0.5, 0.6) is 17.2 Å². The second kappa shape index (κ2) is 13.1. The SMILES string of the molecule is COc1ccccc1NC(=O)COc1ccc(/C=N/NC(=O)CN(c2ccccc2OC)S(C)(=O)=O)cc1. The van der Waals surface area contributed by atoms with Crippen LogP contribution in [-0.4, -0.2) is 60.1 Å². The van der Waals surface area contributed by atoms with Crippen LogP contribution in [0, 0.1) is 0 Å². The molecule has 2 N–H and O–H groups in total. The van der Waals surface area contributed by atoms with Gasteiger partial charge in [0.15, 0.2) is 6.61 Å². The van der Waals surface area contributed by atoms with Crippen LogP contribution < -0.4 is 29.3 Å². The highest BCUT2D eigenvalue weighted by Crippen LogP contribution is 2.29. The van der Waals surface area contributed by atoms with E-state index in [0.29, 0.717) is 28.5 Å². The van der Waals surface area contributed by atoms with Crippen molar-refractivity contribution in [2.75, 3.05) is 43.2 Å². The average Bonchev–Trinajstić information content (AvgIpc) is 2.91. The Morgan fingerprint density at radius 1 is 0.895 bits per heavy atom. The maximum atomic E-state index is 12.4. The van der Waals surface area contributed by atoms with Gasteiger partial charge < -0.3 is 19.5 Å². The predicted molar refractivity (Wildman–Crippen MR) is 144 cm³/mol. The van der Waals surface area contributed by atoms with Crippen molar-refractivity contribution in [2.45, 2.75) is 0 Å². The van der Waals surface area contributed by atoms with E-state index in [1.54, 1.807) is 72.8 Å². The van der Waals surface area contributed by atoms with Crippen LogP contribution in [0.3, 0.4) is 0 Å². The number of benzene rings is 3. The monoisotopic (exact) mass is 540 g/mol. The zero-order chi connectivity index (χ0) is 27.5. The summed E-state index contributed by atoms with van der Waals surface area (Å²) >= 11 is 0. The van der Waals surface area contributed by atoms with Crippen molar-refractivity contribution >= 4 is 39.4 Å². The molecular formula is C26H28N4O7S.